The third kappa shape index (κ3) is 4.80. The standard InChI is InChI=1S/C37H44N4/c1-8-36-23-37(36,9-2)40-35(31-16-12-13-17-32(31)36)41(34(39)30-15-11-10-14-26(30)7)33-28(18-24(3)4)20-27(22-38)21-29(33)19-25(5)6/h10-17,20-21,24-25,39H,8-9,18-19,23H2,1-7H3/t36?,37-/m0/s1. The molecule has 2 aliphatic rings. The summed E-state index contributed by atoms with van der Waals surface area (Å²) in [6.45, 7) is 15.5. The summed E-state index contributed by atoms with van der Waals surface area (Å²) in [6, 6.07) is 23.5. The zero-order valence-corrected chi connectivity index (χ0v) is 25.8. The van der Waals surface area contributed by atoms with Crippen LogP contribution in [0.1, 0.15) is 99.7 Å². The van der Waals surface area contributed by atoms with E-state index < -0.39 is 0 Å². The predicted molar refractivity (Wildman–Crippen MR) is 171 cm³/mol. The van der Waals surface area contributed by atoms with E-state index in [9.17, 15) is 10.7 Å². The van der Waals surface area contributed by atoms with Gasteiger partial charge in [-0.2, -0.15) is 5.26 Å². The first-order valence-electron chi connectivity index (χ1n) is 15.3. The van der Waals surface area contributed by atoms with Gasteiger partial charge in [0.25, 0.3) is 0 Å². The van der Waals surface area contributed by atoms with Crippen molar-refractivity contribution in [1.29, 1.82) is 10.7 Å². The van der Waals surface area contributed by atoms with Gasteiger partial charge >= 0.3 is 0 Å². The zero-order valence-electron chi connectivity index (χ0n) is 25.8. The number of anilines is 1. The number of benzene rings is 3. The second-order valence-corrected chi connectivity index (χ2v) is 12.9. The molecule has 0 amide bonds. The molecule has 41 heavy (non-hydrogen) atoms. The van der Waals surface area contributed by atoms with Gasteiger partial charge in [-0.15, -0.1) is 0 Å². The quantitative estimate of drug-likeness (QED) is 0.228. The highest BCUT2D eigenvalue weighted by atomic mass is 15.3. The van der Waals surface area contributed by atoms with E-state index in [-0.39, 0.29) is 11.0 Å². The molecule has 0 radical (unpaired) electrons. The van der Waals surface area contributed by atoms with Crippen LogP contribution in [0.4, 0.5) is 5.69 Å². The summed E-state index contributed by atoms with van der Waals surface area (Å²) in [6.07, 6.45) is 4.71. The largest absolute Gasteiger partial charge is 0.283 e. The molecule has 0 spiro atoms. The summed E-state index contributed by atoms with van der Waals surface area (Å²) in [7, 11) is 0. The van der Waals surface area contributed by atoms with E-state index in [1.54, 1.807) is 0 Å². The maximum absolute atomic E-state index is 10.0. The predicted octanol–water partition coefficient (Wildman–Crippen LogP) is 8.76. The highest BCUT2D eigenvalue weighted by Crippen LogP contribution is 2.66. The van der Waals surface area contributed by atoms with Crippen molar-refractivity contribution in [2.75, 3.05) is 4.90 Å². The van der Waals surface area contributed by atoms with Crippen LogP contribution in [0.5, 0.6) is 0 Å². The molecule has 1 aliphatic heterocycles. The van der Waals surface area contributed by atoms with Crippen molar-refractivity contribution in [3.63, 3.8) is 0 Å². The van der Waals surface area contributed by atoms with Crippen molar-refractivity contribution >= 4 is 17.4 Å². The molecule has 4 nitrogen and oxygen atoms in total. The molecule has 4 heteroatoms. The molecule has 0 aromatic heterocycles. The Morgan fingerprint density at radius 2 is 1.56 bits per heavy atom. The van der Waals surface area contributed by atoms with Crippen LogP contribution in [0, 0.1) is 35.5 Å². The lowest BCUT2D eigenvalue weighted by atomic mass is 9.81. The Balaban J connectivity index is 1.87. The molecule has 1 saturated carbocycles. The molecule has 212 valence electrons. The normalized spacial score (nSPS) is 20.7. The maximum atomic E-state index is 10.0. The number of aliphatic imine (C=N–C) groups is 1. The van der Waals surface area contributed by atoms with Gasteiger partial charge in [-0.25, -0.2) is 0 Å². The van der Waals surface area contributed by atoms with E-state index in [4.69, 9.17) is 4.99 Å². The summed E-state index contributed by atoms with van der Waals surface area (Å²) in [4.78, 5) is 7.82. The van der Waals surface area contributed by atoms with Crippen molar-refractivity contribution in [2.45, 2.75) is 91.5 Å². The summed E-state index contributed by atoms with van der Waals surface area (Å²) >= 11 is 0. The van der Waals surface area contributed by atoms with E-state index in [0.717, 1.165) is 71.4 Å². The topological polar surface area (TPSA) is 63.2 Å². The Hall–Kier alpha value is -3.71. The third-order valence-electron chi connectivity index (χ3n) is 9.26. The molecule has 5 rings (SSSR count). The van der Waals surface area contributed by atoms with Crippen LogP contribution in [0.15, 0.2) is 65.7 Å². The Kier molecular flexibility index (Phi) is 7.68. The van der Waals surface area contributed by atoms with Gasteiger partial charge in [-0.1, -0.05) is 90.1 Å². The zero-order chi connectivity index (χ0) is 29.5. The molecule has 1 aliphatic carbocycles. The summed E-state index contributed by atoms with van der Waals surface area (Å²) in [5.41, 5.74) is 8.31. The Morgan fingerprint density at radius 3 is 2.12 bits per heavy atom. The van der Waals surface area contributed by atoms with Gasteiger partial charge in [0.2, 0.25) is 0 Å². The molecule has 1 heterocycles. The van der Waals surface area contributed by atoms with Gasteiger partial charge in [-0.3, -0.25) is 15.3 Å². The van der Waals surface area contributed by atoms with E-state index in [0.29, 0.717) is 23.2 Å². The van der Waals surface area contributed by atoms with Gasteiger partial charge in [0.1, 0.15) is 11.7 Å². The molecular formula is C37H44N4. The van der Waals surface area contributed by atoms with E-state index in [2.05, 4.69) is 108 Å². The monoisotopic (exact) mass is 544 g/mol. The Morgan fingerprint density at radius 1 is 0.951 bits per heavy atom. The Bertz CT molecular complexity index is 1520. The number of nitriles is 1. The first-order valence-corrected chi connectivity index (χ1v) is 15.3. The van der Waals surface area contributed by atoms with Crippen LogP contribution in [0.2, 0.25) is 0 Å². The van der Waals surface area contributed by atoms with Crippen LogP contribution in [-0.4, -0.2) is 17.2 Å². The minimum Gasteiger partial charge on any atom is -0.283 e. The molecule has 1 N–H and O–H groups in total. The number of fused-ring (bicyclic) bond motifs is 3. The fraction of sp³-hybridized carbons (Fsp3) is 0.432. The van der Waals surface area contributed by atoms with E-state index >= 15 is 0 Å². The van der Waals surface area contributed by atoms with Crippen LogP contribution in [-0.2, 0) is 18.3 Å². The smallest absolute Gasteiger partial charge is 0.142 e. The van der Waals surface area contributed by atoms with Gasteiger partial charge < -0.3 is 0 Å². The van der Waals surface area contributed by atoms with E-state index in [1.165, 1.54) is 5.56 Å². The van der Waals surface area contributed by atoms with Crippen molar-refractivity contribution in [3.05, 3.63) is 99.6 Å². The van der Waals surface area contributed by atoms with Crippen molar-refractivity contribution < 1.29 is 0 Å². The molecule has 3 aromatic rings. The van der Waals surface area contributed by atoms with Crippen LogP contribution in [0.3, 0.4) is 0 Å². The van der Waals surface area contributed by atoms with Crippen LogP contribution in [0.25, 0.3) is 0 Å². The number of hydrogen-bond acceptors (Lipinski definition) is 3. The first-order chi connectivity index (χ1) is 19.6. The van der Waals surface area contributed by atoms with Gasteiger partial charge in [0, 0.05) is 16.5 Å². The summed E-state index contributed by atoms with van der Waals surface area (Å²) < 4.78 is 0. The number of rotatable bonds is 8. The number of aryl methyl sites for hydroxylation is 1. The summed E-state index contributed by atoms with van der Waals surface area (Å²) in [5.74, 6) is 2.09. The fourth-order valence-electron chi connectivity index (χ4n) is 7.25. The van der Waals surface area contributed by atoms with E-state index in [1.807, 2.05) is 12.1 Å². The summed E-state index contributed by atoms with van der Waals surface area (Å²) in [5, 5.41) is 19.9. The second kappa shape index (κ2) is 10.9. The number of nitrogens with one attached hydrogen (secondary N) is 1. The average Bonchev–Trinajstić information content (AvgIpc) is 3.64. The molecule has 3 aromatic carbocycles. The molecule has 0 saturated heterocycles. The highest BCUT2D eigenvalue weighted by molar-refractivity contribution is 6.30. The lowest BCUT2D eigenvalue weighted by molar-refractivity contribution is 0.498. The van der Waals surface area contributed by atoms with Gasteiger partial charge in [-0.05, 0) is 85.3 Å². The molecule has 2 atom stereocenters. The van der Waals surface area contributed by atoms with Crippen LogP contribution < -0.4 is 4.90 Å². The average molecular weight is 545 g/mol. The molecule has 1 fully saturated rings. The first kappa shape index (κ1) is 28.8. The second-order valence-electron chi connectivity index (χ2n) is 12.9. The van der Waals surface area contributed by atoms with Gasteiger partial charge in [0.15, 0.2) is 0 Å². The van der Waals surface area contributed by atoms with Crippen molar-refractivity contribution in [1.82, 2.24) is 0 Å². The SMILES string of the molecule is CCC12C[C@]1(CC)N=C(N(C(=N)c1ccccc1C)c1c(CC(C)C)cc(C#N)cc1CC(C)C)c1ccccc12. The minimum absolute atomic E-state index is 0.0601. The van der Waals surface area contributed by atoms with Crippen LogP contribution >= 0.6 is 0 Å². The number of nitrogens with zero attached hydrogens (tertiary/aromatic N) is 3. The van der Waals surface area contributed by atoms with Gasteiger partial charge in [0.05, 0.1) is 22.9 Å². The lowest BCUT2D eigenvalue weighted by Crippen LogP contribution is -2.44. The molecular weight excluding hydrogens is 500 g/mol. The maximum Gasteiger partial charge on any atom is 0.142 e. The van der Waals surface area contributed by atoms with Crippen molar-refractivity contribution in [2.24, 2.45) is 16.8 Å². The third-order valence-corrected chi connectivity index (χ3v) is 9.26. The minimum atomic E-state index is -0.154. The number of hydrogen-bond donors (Lipinski definition) is 1. The Labute approximate surface area is 246 Å². The number of amidine groups is 2. The highest BCUT2D eigenvalue weighted by Gasteiger charge is 2.69. The fourth-order valence-corrected chi connectivity index (χ4v) is 7.25. The van der Waals surface area contributed by atoms with Crippen molar-refractivity contribution in [3.8, 4) is 6.07 Å². The molecule has 0 bridgehead atoms. The lowest BCUT2D eigenvalue weighted by Gasteiger charge is -2.37. The molecule has 1 unspecified atom stereocenters.